The smallest absolute Gasteiger partial charge is 0.337 e. The van der Waals surface area contributed by atoms with Crippen molar-refractivity contribution in [3.8, 4) is 11.1 Å². The summed E-state index contributed by atoms with van der Waals surface area (Å²) in [6, 6.07) is 9.33. The second kappa shape index (κ2) is 4.78. The third-order valence-electron chi connectivity index (χ3n) is 2.79. The van der Waals surface area contributed by atoms with Gasteiger partial charge in [0, 0.05) is 0 Å². The number of hydrogen-bond acceptors (Lipinski definition) is 1. The van der Waals surface area contributed by atoms with Gasteiger partial charge in [0.15, 0.2) is 0 Å². The number of aromatic carboxylic acids is 1. The molecule has 0 atom stereocenters. The summed E-state index contributed by atoms with van der Waals surface area (Å²) < 4.78 is 13.5. The van der Waals surface area contributed by atoms with Crippen molar-refractivity contribution >= 4 is 17.6 Å². The van der Waals surface area contributed by atoms with Gasteiger partial charge in [-0.3, -0.25) is 0 Å². The van der Waals surface area contributed by atoms with E-state index in [0.29, 0.717) is 16.7 Å². The van der Waals surface area contributed by atoms with Gasteiger partial charge in [0.2, 0.25) is 0 Å². The summed E-state index contributed by atoms with van der Waals surface area (Å²) in [6.45, 7) is 1.61. The molecule has 0 amide bonds. The maximum atomic E-state index is 13.5. The van der Waals surface area contributed by atoms with Crippen LogP contribution in [-0.2, 0) is 0 Å². The molecule has 18 heavy (non-hydrogen) atoms. The maximum absolute atomic E-state index is 13.5. The molecule has 0 aliphatic heterocycles. The third-order valence-corrected chi connectivity index (χ3v) is 3.10. The molecular formula is C14H10ClFO2. The molecule has 0 fully saturated rings. The molecule has 92 valence electrons. The number of benzene rings is 2. The predicted octanol–water partition coefficient (Wildman–Crippen LogP) is 4.15. The minimum atomic E-state index is -1.13. The van der Waals surface area contributed by atoms with Gasteiger partial charge in [0.05, 0.1) is 10.6 Å². The fourth-order valence-electron chi connectivity index (χ4n) is 1.87. The Hall–Kier alpha value is -1.87. The monoisotopic (exact) mass is 264 g/mol. The van der Waals surface area contributed by atoms with Crippen molar-refractivity contribution in [1.29, 1.82) is 0 Å². The van der Waals surface area contributed by atoms with E-state index in [4.69, 9.17) is 11.6 Å². The van der Waals surface area contributed by atoms with Crippen molar-refractivity contribution < 1.29 is 14.3 Å². The Labute approximate surface area is 109 Å². The van der Waals surface area contributed by atoms with Gasteiger partial charge in [0.1, 0.15) is 5.82 Å². The molecule has 2 aromatic carbocycles. The van der Waals surface area contributed by atoms with E-state index in [9.17, 15) is 14.3 Å². The minimum Gasteiger partial charge on any atom is -0.478 e. The zero-order chi connectivity index (χ0) is 13.3. The number of rotatable bonds is 2. The van der Waals surface area contributed by atoms with Crippen LogP contribution >= 0.6 is 11.6 Å². The molecule has 0 aliphatic rings. The Kier molecular flexibility index (Phi) is 3.34. The number of carboxylic acid groups (broad SMARTS) is 1. The molecule has 1 N–H and O–H groups in total. The average molecular weight is 265 g/mol. The van der Waals surface area contributed by atoms with Gasteiger partial charge in [-0.25, -0.2) is 9.18 Å². The van der Waals surface area contributed by atoms with Gasteiger partial charge in [0.25, 0.3) is 0 Å². The van der Waals surface area contributed by atoms with Crippen LogP contribution in [0.2, 0.25) is 5.02 Å². The SMILES string of the molecule is Cc1c(F)cccc1-c1cccc(Cl)c1C(=O)O. The molecule has 0 saturated heterocycles. The second-order valence-corrected chi connectivity index (χ2v) is 4.29. The average Bonchev–Trinajstić information content (AvgIpc) is 2.32. The van der Waals surface area contributed by atoms with Gasteiger partial charge >= 0.3 is 5.97 Å². The molecule has 0 heterocycles. The third kappa shape index (κ3) is 2.09. The van der Waals surface area contributed by atoms with Crippen molar-refractivity contribution in [3.05, 3.63) is 58.4 Å². The first-order chi connectivity index (χ1) is 8.52. The first-order valence-corrected chi connectivity index (χ1v) is 5.67. The summed E-state index contributed by atoms with van der Waals surface area (Å²) in [6.07, 6.45) is 0. The Balaban J connectivity index is 2.75. The summed E-state index contributed by atoms with van der Waals surface area (Å²) in [7, 11) is 0. The largest absolute Gasteiger partial charge is 0.478 e. The molecule has 2 aromatic rings. The van der Waals surface area contributed by atoms with E-state index in [1.807, 2.05) is 0 Å². The highest BCUT2D eigenvalue weighted by Crippen LogP contribution is 2.32. The molecule has 0 aromatic heterocycles. The molecule has 2 rings (SSSR count). The van der Waals surface area contributed by atoms with Crippen molar-refractivity contribution in [1.82, 2.24) is 0 Å². The summed E-state index contributed by atoms with van der Waals surface area (Å²) in [5, 5.41) is 9.33. The minimum absolute atomic E-state index is 0.00660. The highest BCUT2D eigenvalue weighted by molar-refractivity contribution is 6.34. The molecule has 0 bridgehead atoms. The Morgan fingerprint density at radius 2 is 1.78 bits per heavy atom. The van der Waals surface area contributed by atoms with Crippen LogP contribution in [0.25, 0.3) is 11.1 Å². The Morgan fingerprint density at radius 3 is 2.44 bits per heavy atom. The maximum Gasteiger partial charge on any atom is 0.337 e. The van der Waals surface area contributed by atoms with Gasteiger partial charge in [-0.15, -0.1) is 0 Å². The van der Waals surface area contributed by atoms with Crippen LogP contribution in [0.4, 0.5) is 4.39 Å². The van der Waals surface area contributed by atoms with Gasteiger partial charge in [-0.05, 0) is 35.7 Å². The van der Waals surface area contributed by atoms with Crippen molar-refractivity contribution in [2.45, 2.75) is 6.92 Å². The summed E-state index contributed by atoms with van der Waals surface area (Å²) >= 11 is 5.89. The molecule has 4 heteroatoms. The zero-order valence-corrected chi connectivity index (χ0v) is 10.3. The zero-order valence-electron chi connectivity index (χ0n) is 9.58. The van der Waals surface area contributed by atoms with E-state index < -0.39 is 5.97 Å². The van der Waals surface area contributed by atoms with Crippen LogP contribution in [0.5, 0.6) is 0 Å². The van der Waals surface area contributed by atoms with Crippen LogP contribution in [0.1, 0.15) is 15.9 Å². The fourth-order valence-corrected chi connectivity index (χ4v) is 2.12. The van der Waals surface area contributed by atoms with Crippen molar-refractivity contribution in [2.75, 3.05) is 0 Å². The summed E-state index contributed by atoms with van der Waals surface area (Å²) in [4.78, 5) is 11.2. The van der Waals surface area contributed by atoms with Crippen LogP contribution in [0.15, 0.2) is 36.4 Å². The standard InChI is InChI=1S/C14H10ClFO2/c1-8-9(4-3-7-12(8)16)10-5-2-6-11(15)13(10)14(17)18/h2-7H,1H3,(H,17,18). The lowest BCUT2D eigenvalue weighted by atomic mass is 9.96. The molecule has 0 radical (unpaired) electrons. The van der Waals surface area contributed by atoms with Gasteiger partial charge < -0.3 is 5.11 Å². The van der Waals surface area contributed by atoms with Crippen LogP contribution < -0.4 is 0 Å². The van der Waals surface area contributed by atoms with E-state index in [1.165, 1.54) is 12.1 Å². The highest BCUT2D eigenvalue weighted by Gasteiger charge is 2.17. The number of halogens is 2. The van der Waals surface area contributed by atoms with E-state index >= 15 is 0 Å². The van der Waals surface area contributed by atoms with E-state index in [0.717, 1.165) is 0 Å². The van der Waals surface area contributed by atoms with E-state index in [-0.39, 0.29) is 16.4 Å². The molecule has 0 aliphatic carbocycles. The van der Waals surface area contributed by atoms with E-state index in [1.54, 1.807) is 31.2 Å². The first kappa shape index (κ1) is 12.6. The summed E-state index contributed by atoms with van der Waals surface area (Å²) in [5.74, 6) is -1.50. The van der Waals surface area contributed by atoms with Gasteiger partial charge in [-0.1, -0.05) is 35.9 Å². The number of carbonyl (C=O) groups is 1. The lowest BCUT2D eigenvalue weighted by Gasteiger charge is -2.11. The lowest BCUT2D eigenvalue weighted by molar-refractivity contribution is 0.0698. The lowest BCUT2D eigenvalue weighted by Crippen LogP contribution is -2.02. The number of carboxylic acids is 1. The van der Waals surface area contributed by atoms with Gasteiger partial charge in [-0.2, -0.15) is 0 Å². The van der Waals surface area contributed by atoms with E-state index in [2.05, 4.69) is 0 Å². The van der Waals surface area contributed by atoms with Crippen LogP contribution in [-0.4, -0.2) is 11.1 Å². The molecule has 0 spiro atoms. The first-order valence-electron chi connectivity index (χ1n) is 5.29. The van der Waals surface area contributed by atoms with Crippen molar-refractivity contribution in [3.63, 3.8) is 0 Å². The van der Waals surface area contributed by atoms with Crippen molar-refractivity contribution in [2.24, 2.45) is 0 Å². The Bertz CT molecular complexity index is 623. The molecule has 0 saturated carbocycles. The highest BCUT2D eigenvalue weighted by atomic mass is 35.5. The van der Waals surface area contributed by atoms with Crippen LogP contribution in [0, 0.1) is 12.7 Å². The summed E-state index contributed by atoms with van der Waals surface area (Å²) in [5.41, 5.74) is 1.36. The second-order valence-electron chi connectivity index (χ2n) is 3.88. The molecule has 0 unspecified atom stereocenters. The molecule has 2 nitrogen and oxygen atoms in total. The Morgan fingerprint density at radius 1 is 1.17 bits per heavy atom. The molecular weight excluding hydrogens is 255 g/mol. The fraction of sp³-hybridized carbons (Fsp3) is 0.0714. The number of hydrogen-bond donors (Lipinski definition) is 1. The van der Waals surface area contributed by atoms with Crippen LogP contribution in [0.3, 0.4) is 0 Å². The quantitative estimate of drug-likeness (QED) is 0.885. The topological polar surface area (TPSA) is 37.3 Å². The predicted molar refractivity (Wildman–Crippen MR) is 68.5 cm³/mol. The normalized spacial score (nSPS) is 10.4.